The van der Waals surface area contributed by atoms with Gasteiger partial charge in [-0.05, 0) is 31.6 Å². The lowest BCUT2D eigenvalue weighted by Gasteiger charge is -2.25. The van der Waals surface area contributed by atoms with Gasteiger partial charge in [0.15, 0.2) is 11.5 Å². The van der Waals surface area contributed by atoms with Gasteiger partial charge in [-0.3, -0.25) is 23.7 Å². The van der Waals surface area contributed by atoms with Crippen LogP contribution in [0.1, 0.15) is 37.2 Å². The van der Waals surface area contributed by atoms with Gasteiger partial charge in [0, 0.05) is 32.1 Å². The quantitative estimate of drug-likeness (QED) is 0.231. The number of rotatable bonds is 14. The summed E-state index contributed by atoms with van der Waals surface area (Å²) in [6.07, 6.45) is 17.8. The lowest BCUT2D eigenvalue weighted by Crippen LogP contribution is -2.32. The van der Waals surface area contributed by atoms with Crippen LogP contribution in [-0.2, 0) is 22.8 Å². The predicted octanol–water partition coefficient (Wildman–Crippen LogP) is 2.90. The van der Waals surface area contributed by atoms with Crippen LogP contribution >= 0.6 is 10.0 Å². The Bertz CT molecular complexity index is 1000. The topological polar surface area (TPSA) is 85.5 Å². The first-order chi connectivity index (χ1) is 16.2. The fourth-order valence-corrected chi connectivity index (χ4v) is 4.01. The summed E-state index contributed by atoms with van der Waals surface area (Å²) in [6, 6.07) is 0. The van der Waals surface area contributed by atoms with Crippen molar-refractivity contribution in [3.05, 3.63) is 18.1 Å². The number of terminal acetylenes is 1. The van der Waals surface area contributed by atoms with Gasteiger partial charge in [-0.25, -0.2) is 15.0 Å². The summed E-state index contributed by atoms with van der Waals surface area (Å²) in [4.78, 5) is 33.4. The molecule has 0 spiro atoms. The fourth-order valence-electron chi connectivity index (χ4n) is 3.39. The molecule has 0 aliphatic carbocycles. The van der Waals surface area contributed by atoms with Crippen molar-refractivity contribution in [2.24, 2.45) is 0 Å². The van der Waals surface area contributed by atoms with Gasteiger partial charge < -0.3 is 9.64 Å². The molecule has 0 aliphatic rings. The SMILES string of the molecule is C#CCn1cc(-c2nc(N(C=O)CCC)c(C(=O)N(C)CCC)n2COCCS(C)(C)C)cn1. The van der Waals surface area contributed by atoms with Crippen molar-refractivity contribution in [1.82, 2.24) is 24.2 Å². The van der Waals surface area contributed by atoms with Gasteiger partial charge in [0.2, 0.25) is 6.41 Å². The first kappa shape index (κ1) is 27.5. The zero-order chi connectivity index (χ0) is 25.3. The third-order valence-electron chi connectivity index (χ3n) is 5.13. The maximum absolute atomic E-state index is 13.6. The third kappa shape index (κ3) is 7.11. The number of aromatic nitrogens is 4. The number of nitrogens with zero attached hydrogens (tertiary/aromatic N) is 6. The van der Waals surface area contributed by atoms with E-state index in [1.807, 2.05) is 13.8 Å². The van der Waals surface area contributed by atoms with Gasteiger partial charge in [0.05, 0.1) is 18.4 Å². The van der Waals surface area contributed by atoms with E-state index in [1.165, 1.54) is 4.90 Å². The second-order valence-electron chi connectivity index (χ2n) is 9.02. The Morgan fingerprint density at radius 1 is 1.26 bits per heavy atom. The molecule has 10 heteroatoms. The van der Waals surface area contributed by atoms with E-state index in [-0.39, 0.29) is 12.6 Å². The summed E-state index contributed by atoms with van der Waals surface area (Å²) < 4.78 is 9.42. The number of imidazole rings is 1. The standard InChI is InChI=1S/C24H38N6O3S/c1-8-11-27(4)24(32)21-23(28(18-31)12-9-2)26-22(20-16-25-29(17-20)13-10-3)30(21)19-33-14-15-34(5,6)7/h3,16-18H,8-9,11-15,19H2,1-2,4-7H3. The van der Waals surface area contributed by atoms with Crippen molar-refractivity contribution in [3.63, 3.8) is 0 Å². The van der Waals surface area contributed by atoms with E-state index in [0.29, 0.717) is 49.1 Å². The van der Waals surface area contributed by atoms with Crippen molar-refractivity contribution in [2.75, 3.05) is 56.2 Å². The molecular weight excluding hydrogens is 452 g/mol. The summed E-state index contributed by atoms with van der Waals surface area (Å²) in [5.74, 6) is 4.14. The summed E-state index contributed by atoms with van der Waals surface area (Å²) in [5, 5.41) is 4.31. The molecule has 2 amide bonds. The highest BCUT2D eigenvalue weighted by molar-refractivity contribution is 8.32. The summed E-state index contributed by atoms with van der Waals surface area (Å²) >= 11 is 0. The number of hydrogen-bond acceptors (Lipinski definition) is 5. The van der Waals surface area contributed by atoms with E-state index < -0.39 is 10.0 Å². The van der Waals surface area contributed by atoms with E-state index in [0.717, 1.165) is 25.0 Å². The van der Waals surface area contributed by atoms with Crippen LogP contribution in [0.25, 0.3) is 11.4 Å². The van der Waals surface area contributed by atoms with Gasteiger partial charge in [0.1, 0.15) is 19.1 Å². The number of hydrogen-bond donors (Lipinski definition) is 0. The predicted molar refractivity (Wildman–Crippen MR) is 139 cm³/mol. The normalized spacial score (nSPS) is 11.8. The molecule has 0 N–H and O–H groups in total. The minimum atomic E-state index is -0.722. The van der Waals surface area contributed by atoms with E-state index in [9.17, 15) is 9.59 Å². The van der Waals surface area contributed by atoms with Gasteiger partial charge in [-0.15, -0.1) is 6.42 Å². The van der Waals surface area contributed by atoms with Crippen LogP contribution < -0.4 is 4.90 Å². The molecule has 0 radical (unpaired) electrons. The number of anilines is 1. The Morgan fingerprint density at radius 3 is 2.56 bits per heavy atom. The maximum atomic E-state index is 13.6. The smallest absolute Gasteiger partial charge is 0.274 e. The fraction of sp³-hybridized carbons (Fsp3) is 0.583. The molecule has 0 saturated heterocycles. The Morgan fingerprint density at radius 2 is 1.97 bits per heavy atom. The molecule has 0 saturated carbocycles. The zero-order valence-electron chi connectivity index (χ0n) is 21.3. The molecule has 2 heterocycles. The first-order valence-electron chi connectivity index (χ1n) is 11.4. The average Bonchev–Trinajstić information content (AvgIpc) is 3.39. The Hall–Kier alpha value is -2.77. The van der Waals surface area contributed by atoms with Crippen LogP contribution in [0.4, 0.5) is 5.82 Å². The summed E-state index contributed by atoms with van der Waals surface area (Å²) in [6.45, 7) is 6.04. The second-order valence-corrected chi connectivity index (χ2v) is 13.6. The molecule has 188 valence electrons. The Labute approximate surface area is 204 Å². The van der Waals surface area contributed by atoms with Crippen molar-refractivity contribution < 1.29 is 14.3 Å². The number of ether oxygens (including phenoxy) is 1. The zero-order valence-corrected chi connectivity index (χ0v) is 22.1. The van der Waals surface area contributed by atoms with Gasteiger partial charge in [-0.1, -0.05) is 19.8 Å². The van der Waals surface area contributed by atoms with Crippen LogP contribution in [0.15, 0.2) is 12.4 Å². The summed E-state index contributed by atoms with van der Waals surface area (Å²) in [5.41, 5.74) is 1.03. The lowest BCUT2D eigenvalue weighted by atomic mass is 10.3. The maximum Gasteiger partial charge on any atom is 0.274 e. The van der Waals surface area contributed by atoms with Crippen molar-refractivity contribution >= 4 is 28.2 Å². The molecule has 0 bridgehead atoms. The molecule has 2 aromatic heterocycles. The molecule has 0 aromatic carbocycles. The van der Waals surface area contributed by atoms with Crippen LogP contribution in [0.2, 0.25) is 0 Å². The minimum Gasteiger partial charge on any atom is -0.360 e. The molecular formula is C24H38N6O3S. The van der Waals surface area contributed by atoms with Gasteiger partial charge in [0.25, 0.3) is 5.91 Å². The highest BCUT2D eigenvalue weighted by Gasteiger charge is 2.29. The van der Waals surface area contributed by atoms with Crippen LogP contribution in [-0.4, -0.2) is 87.8 Å². The largest absolute Gasteiger partial charge is 0.360 e. The molecule has 9 nitrogen and oxygen atoms in total. The third-order valence-corrected chi connectivity index (χ3v) is 6.52. The minimum absolute atomic E-state index is 0.137. The molecule has 0 unspecified atom stereocenters. The Kier molecular flexibility index (Phi) is 10.2. The number of carbonyl (C=O) groups is 2. The van der Waals surface area contributed by atoms with Crippen LogP contribution in [0.5, 0.6) is 0 Å². The average molecular weight is 491 g/mol. The van der Waals surface area contributed by atoms with E-state index in [1.54, 1.807) is 33.6 Å². The van der Waals surface area contributed by atoms with Crippen LogP contribution in [0, 0.1) is 12.3 Å². The molecule has 0 atom stereocenters. The highest BCUT2D eigenvalue weighted by Crippen LogP contribution is 2.34. The summed E-state index contributed by atoms with van der Waals surface area (Å²) in [7, 11) is 1.03. The van der Waals surface area contributed by atoms with Crippen molar-refractivity contribution in [2.45, 2.75) is 40.0 Å². The number of carbonyl (C=O) groups excluding carboxylic acids is 2. The van der Waals surface area contributed by atoms with Gasteiger partial charge in [-0.2, -0.15) is 5.10 Å². The van der Waals surface area contributed by atoms with Crippen LogP contribution in [0.3, 0.4) is 0 Å². The van der Waals surface area contributed by atoms with E-state index in [2.05, 4.69) is 29.8 Å². The molecule has 2 rings (SSSR count). The van der Waals surface area contributed by atoms with E-state index >= 15 is 0 Å². The van der Waals surface area contributed by atoms with Gasteiger partial charge >= 0.3 is 0 Å². The molecule has 0 aliphatic heterocycles. The lowest BCUT2D eigenvalue weighted by molar-refractivity contribution is -0.107. The monoisotopic (exact) mass is 490 g/mol. The van der Waals surface area contributed by atoms with Crippen molar-refractivity contribution in [1.29, 1.82) is 0 Å². The number of amides is 2. The molecule has 0 fully saturated rings. The second kappa shape index (κ2) is 12.6. The molecule has 2 aromatic rings. The molecule has 34 heavy (non-hydrogen) atoms. The van der Waals surface area contributed by atoms with E-state index in [4.69, 9.17) is 16.1 Å². The highest BCUT2D eigenvalue weighted by atomic mass is 32.3. The Balaban J connectivity index is 2.62. The van der Waals surface area contributed by atoms with Crippen molar-refractivity contribution in [3.8, 4) is 23.7 Å². The first-order valence-corrected chi connectivity index (χ1v) is 14.5.